The Balaban J connectivity index is 1.40. The van der Waals surface area contributed by atoms with Gasteiger partial charge in [-0.05, 0) is 61.3 Å². The van der Waals surface area contributed by atoms with E-state index in [1.807, 2.05) is 0 Å². The Labute approximate surface area is 203 Å². The highest BCUT2D eigenvalue weighted by Gasteiger charge is 2.25. The van der Waals surface area contributed by atoms with Crippen molar-refractivity contribution in [2.75, 3.05) is 20.2 Å². The number of benzene rings is 2. The van der Waals surface area contributed by atoms with Gasteiger partial charge in [0.1, 0.15) is 5.75 Å². The average molecular weight is 483 g/mol. The van der Waals surface area contributed by atoms with E-state index in [4.69, 9.17) is 16.3 Å². The van der Waals surface area contributed by atoms with Gasteiger partial charge in [-0.1, -0.05) is 61.6 Å². The van der Waals surface area contributed by atoms with Gasteiger partial charge >= 0.3 is 0 Å². The van der Waals surface area contributed by atoms with Crippen LogP contribution in [0.5, 0.6) is 5.75 Å². The molecule has 1 aliphatic rings. The number of Topliss-reactive ketones (excluding diaryl/α,β-unsaturated/α-hetero) is 1. The van der Waals surface area contributed by atoms with Crippen LogP contribution in [0.1, 0.15) is 41.6 Å². The van der Waals surface area contributed by atoms with Gasteiger partial charge in [0.15, 0.2) is 5.78 Å². The van der Waals surface area contributed by atoms with E-state index in [1.165, 1.54) is 10.9 Å². The average Bonchev–Trinajstić information content (AvgIpc) is 3.26. The number of fused-ring (bicyclic) bond motifs is 1. The lowest BCUT2D eigenvalue weighted by Gasteiger charge is -2.32. The van der Waals surface area contributed by atoms with E-state index in [1.54, 1.807) is 13.2 Å². The first-order valence-corrected chi connectivity index (χ1v) is 15.8. The molecule has 2 heterocycles. The number of nitrogens with one attached hydrogen (secondary N) is 1. The minimum absolute atomic E-state index is 0.123. The molecule has 2 aromatic carbocycles. The summed E-state index contributed by atoms with van der Waals surface area (Å²) >= 11 is 6.60. The largest absolute Gasteiger partial charge is 0.495 e. The molecule has 0 bridgehead atoms. The minimum Gasteiger partial charge on any atom is -0.495 e. The lowest BCUT2D eigenvalue weighted by atomic mass is 9.90. The summed E-state index contributed by atoms with van der Waals surface area (Å²) in [5.74, 6) is 1.37. The van der Waals surface area contributed by atoms with E-state index in [0.717, 1.165) is 49.8 Å². The fraction of sp³-hybridized carbons (Fsp3) is 0.444. The number of hydrogen-bond acceptors (Lipinski definition) is 3. The lowest BCUT2D eigenvalue weighted by Crippen LogP contribution is -2.38. The van der Waals surface area contributed by atoms with Crippen LogP contribution in [0.4, 0.5) is 0 Å². The Morgan fingerprint density at radius 2 is 1.85 bits per heavy atom. The summed E-state index contributed by atoms with van der Waals surface area (Å²) in [5.41, 5.74) is 2.85. The van der Waals surface area contributed by atoms with Crippen LogP contribution in [0.2, 0.25) is 24.7 Å². The third-order valence-corrected chi connectivity index (χ3v) is 9.05. The number of nitrogens with zero attached hydrogens (tertiary/aromatic N) is 1. The van der Waals surface area contributed by atoms with E-state index < -0.39 is 8.07 Å². The molecule has 3 aromatic rings. The van der Waals surface area contributed by atoms with Crippen molar-refractivity contribution < 1.29 is 9.53 Å². The number of piperidine rings is 1. The summed E-state index contributed by atoms with van der Waals surface area (Å²) in [5, 5.41) is 2.72. The van der Waals surface area contributed by atoms with E-state index in [0.29, 0.717) is 28.7 Å². The molecule has 0 amide bonds. The summed E-state index contributed by atoms with van der Waals surface area (Å²) in [6.45, 7) is 10.1. The SMILES string of the molecule is COc1c(C(=O)CCC2CCN(Cc3ccccc3)CC2)cc(Cl)c2[nH]c([Si](C)(C)C)cc12. The molecule has 0 radical (unpaired) electrons. The van der Waals surface area contributed by atoms with Gasteiger partial charge in [-0.3, -0.25) is 9.69 Å². The predicted molar refractivity (Wildman–Crippen MR) is 141 cm³/mol. The van der Waals surface area contributed by atoms with Gasteiger partial charge in [-0.25, -0.2) is 0 Å². The van der Waals surface area contributed by atoms with E-state index >= 15 is 0 Å². The second-order valence-corrected chi connectivity index (χ2v) is 15.8. The van der Waals surface area contributed by atoms with Crippen LogP contribution in [-0.4, -0.2) is 43.9 Å². The fourth-order valence-corrected chi connectivity index (χ4v) is 6.14. The van der Waals surface area contributed by atoms with E-state index in [-0.39, 0.29) is 5.78 Å². The maximum atomic E-state index is 13.2. The summed E-state index contributed by atoms with van der Waals surface area (Å²) in [6.07, 6.45) is 3.75. The molecular weight excluding hydrogens is 448 g/mol. The van der Waals surface area contributed by atoms with Crippen LogP contribution in [0.3, 0.4) is 0 Å². The maximum absolute atomic E-state index is 13.2. The van der Waals surface area contributed by atoms with Gasteiger partial charge in [0.25, 0.3) is 0 Å². The van der Waals surface area contributed by atoms with Crippen molar-refractivity contribution in [3.63, 3.8) is 0 Å². The number of ketones is 1. The van der Waals surface area contributed by atoms with Crippen molar-refractivity contribution in [2.24, 2.45) is 5.92 Å². The molecule has 0 aliphatic carbocycles. The summed E-state index contributed by atoms with van der Waals surface area (Å²) in [4.78, 5) is 19.2. The van der Waals surface area contributed by atoms with Crippen LogP contribution in [0, 0.1) is 5.92 Å². The predicted octanol–water partition coefficient (Wildman–Crippen LogP) is 6.25. The first-order chi connectivity index (χ1) is 15.8. The van der Waals surface area contributed by atoms with Crippen molar-refractivity contribution in [1.82, 2.24) is 9.88 Å². The fourth-order valence-electron chi connectivity index (χ4n) is 4.81. The van der Waals surface area contributed by atoms with Crippen LogP contribution >= 0.6 is 11.6 Å². The summed E-state index contributed by atoms with van der Waals surface area (Å²) in [6, 6.07) is 14.6. The molecule has 0 saturated carbocycles. The van der Waals surface area contributed by atoms with Gasteiger partial charge in [0, 0.05) is 18.4 Å². The van der Waals surface area contributed by atoms with Gasteiger partial charge in [-0.2, -0.15) is 0 Å². The van der Waals surface area contributed by atoms with Crippen molar-refractivity contribution in [1.29, 1.82) is 0 Å². The number of aromatic amines is 1. The Kier molecular flexibility index (Phi) is 7.32. The number of likely N-dealkylation sites (tertiary alicyclic amines) is 1. The number of methoxy groups -OCH3 is 1. The number of ether oxygens (including phenoxy) is 1. The Bertz CT molecular complexity index is 1110. The van der Waals surface area contributed by atoms with E-state index in [9.17, 15) is 4.79 Å². The van der Waals surface area contributed by atoms with Crippen molar-refractivity contribution in [2.45, 2.75) is 51.9 Å². The molecule has 33 heavy (non-hydrogen) atoms. The summed E-state index contributed by atoms with van der Waals surface area (Å²) in [7, 11) is 0.0952. The van der Waals surface area contributed by atoms with Crippen molar-refractivity contribution in [3.8, 4) is 5.75 Å². The van der Waals surface area contributed by atoms with Gasteiger partial charge in [-0.15, -0.1) is 0 Å². The normalized spacial score (nSPS) is 15.8. The summed E-state index contributed by atoms with van der Waals surface area (Å²) < 4.78 is 5.73. The second-order valence-electron chi connectivity index (χ2n) is 10.3. The third kappa shape index (κ3) is 5.53. The molecular formula is C27H35ClN2O2Si. The highest BCUT2D eigenvalue weighted by Crippen LogP contribution is 2.36. The molecule has 0 unspecified atom stereocenters. The standard InChI is InChI=1S/C27H35ClN2O2Si/c1-32-27-21(16-23(28)26-22(27)17-25(29-26)33(2,3)4)24(31)11-10-19-12-14-30(15-13-19)18-20-8-6-5-7-9-20/h5-9,16-17,19,29H,10-15,18H2,1-4H3. The molecule has 1 aromatic heterocycles. The first-order valence-electron chi connectivity index (χ1n) is 12.0. The molecule has 176 valence electrons. The Hall–Kier alpha value is -2.08. The van der Waals surface area contributed by atoms with Gasteiger partial charge in [0.05, 0.1) is 31.3 Å². The topological polar surface area (TPSA) is 45.3 Å². The quantitative estimate of drug-likeness (QED) is 0.305. The molecule has 4 rings (SSSR count). The van der Waals surface area contributed by atoms with E-state index in [2.05, 4.69) is 65.9 Å². The number of hydrogen-bond donors (Lipinski definition) is 1. The number of H-pyrrole nitrogens is 1. The Morgan fingerprint density at radius 1 is 1.15 bits per heavy atom. The molecule has 1 saturated heterocycles. The molecule has 1 N–H and O–H groups in total. The highest BCUT2D eigenvalue weighted by atomic mass is 35.5. The molecule has 6 heteroatoms. The number of carbonyl (C=O) groups excluding carboxylic acids is 1. The van der Waals surface area contributed by atoms with Crippen LogP contribution in [-0.2, 0) is 6.54 Å². The highest BCUT2D eigenvalue weighted by molar-refractivity contribution is 6.88. The molecule has 1 fully saturated rings. The second kappa shape index (κ2) is 10.0. The molecule has 1 aliphatic heterocycles. The van der Waals surface area contributed by atoms with Gasteiger partial charge < -0.3 is 9.72 Å². The zero-order valence-electron chi connectivity index (χ0n) is 20.2. The number of carbonyl (C=O) groups is 1. The smallest absolute Gasteiger partial charge is 0.166 e. The van der Waals surface area contributed by atoms with Crippen LogP contribution < -0.4 is 10.1 Å². The van der Waals surface area contributed by atoms with Crippen molar-refractivity contribution >= 4 is 41.7 Å². The van der Waals surface area contributed by atoms with Crippen molar-refractivity contribution in [3.05, 3.63) is 58.6 Å². The van der Waals surface area contributed by atoms with Crippen LogP contribution in [0.15, 0.2) is 42.5 Å². The Morgan fingerprint density at radius 3 is 2.48 bits per heavy atom. The molecule has 0 atom stereocenters. The van der Waals surface area contributed by atoms with Crippen LogP contribution in [0.25, 0.3) is 10.9 Å². The monoisotopic (exact) mass is 482 g/mol. The maximum Gasteiger partial charge on any atom is 0.166 e. The number of rotatable bonds is 8. The molecule has 0 spiro atoms. The minimum atomic E-state index is -1.55. The lowest BCUT2D eigenvalue weighted by molar-refractivity contribution is 0.0958. The number of halogens is 1. The number of aromatic nitrogens is 1. The third-order valence-electron chi connectivity index (χ3n) is 6.87. The first kappa shape index (κ1) is 24.1. The zero-order chi connectivity index (χ0) is 23.6. The van der Waals surface area contributed by atoms with Gasteiger partial charge in [0.2, 0.25) is 0 Å². The zero-order valence-corrected chi connectivity index (χ0v) is 22.0. The molecule has 4 nitrogen and oxygen atoms in total.